The largest absolute Gasteiger partial charge is 0.504 e. The number of nitrogens with zero attached hydrogens (tertiary/aromatic N) is 3. The number of phenols is 1. The summed E-state index contributed by atoms with van der Waals surface area (Å²) in [6.07, 6.45) is 1.73. The lowest BCUT2D eigenvalue weighted by Crippen LogP contribution is -1.87. The molecule has 0 aliphatic heterocycles. The highest BCUT2D eigenvalue weighted by atomic mass is 16.5. The van der Waals surface area contributed by atoms with Gasteiger partial charge in [-0.1, -0.05) is 18.2 Å². The van der Waals surface area contributed by atoms with E-state index >= 15 is 0 Å². The van der Waals surface area contributed by atoms with Crippen LogP contribution in [0.4, 0.5) is 17.1 Å². The molecule has 3 rings (SSSR count). The van der Waals surface area contributed by atoms with Gasteiger partial charge in [0.1, 0.15) is 0 Å². The Morgan fingerprint density at radius 3 is 2.41 bits per heavy atom. The fourth-order valence-electron chi connectivity index (χ4n) is 2.55. The molecule has 0 saturated heterocycles. The van der Waals surface area contributed by atoms with E-state index in [4.69, 9.17) is 4.74 Å². The van der Waals surface area contributed by atoms with Crippen LogP contribution in [0.2, 0.25) is 0 Å². The van der Waals surface area contributed by atoms with E-state index in [1.807, 2.05) is 56.3 Å². The summed E-state index contributed by atoms with van der Waals surface area (Å²) in [5.74, 6) is 0.525. The number of hydrogen-bond acceptors (Lipinski definition) is 5. The van der Waals surface area contributed by atoms with Gasteiger partial charge in [0.05, 0.1) is 24.2 Å². The summed E-state index contributed by atoms with van der Waals surface area (Å²) in [5.41, 5.74) is 5.41. The van der Waals surface area contributed by atoms with Gasteiger partial charge in [-0.15, -0.1) is 0 Å². The van der Waals surface area contributed by atoms with Crippen LogP contribution in [-0.2, 0) is 0 Å². The molecule has 1 N–H and O–H groups in total. The molecule has 27 heavy (non-hydrogen) atoms. The summed E-state index contributed by atoms with van der Waals surface area (Å²) in [4.78, 5) is 4.52. The van der Waals surface area contributed by atoms with Crippen LogP contribution in [0.1, 0.15) is 16.7 Å². The Kier molecular flexibility index (Phi) is 5.61. The monoisotopic (exact) mass is 359 g/mol. The Balaban J connectivity index is 1.78. The van der Waals surface area contributed by atoms with Crippen molar-refractivity contribution in [2.45, 2.75) is 13.8 Å². The second-order valence-electron chi connectivity index (χ2n) is 6.15. The van der Waals surface area contributed by atoms with Gasteiger partial charge in [-0.3, -0.25) is 4.99 Å². The molecule has 0 aliphatic carbocycles. The molecular weight excluding hydrogens is 338 g/mol. The zero-order valence-electron chi connectivity index (χ0n) is 15.5. The van der Waals surface area contributed by atoms with Gasteiger partial charge in [-0.25, -0.2) is 0 Å². The van der Waals surface area contributed by atoms with Gasteiger partial charge in [0.15, 0.2) is 11.5 Å². The van der Waals surface area contributed by atoms with Crippen LogP contribution < -0.4 is 4.74 Å². The third-order valence-electron chi connectivity index (χ3n) is 4.13. The summed E-state index contributed by atoms with van der Waals surface area (Å²) in [6, 6.07) is 18.7. The molecule has 0 radical (unpaired) electrons. The van der Waals surface area contributed by atoms with Crippen LogP contribution in [0.3, 0.4) is 0 Å². The highest BCUT2D eigenvalue weighted by Gasteiger charge is 2.02. The molecule has 0 aromatic heterocycles. The summed E-state index contributed by atoms with van der Waals surface area (Å²) in [6.45, 7) is 3.99. The van der Waals surface area contributed by atoms with E-state index in [9.17, 15) is 5.11 Å². The standard InChI is InChI=1S/C22H21N3O2/c1-15-6-4-5-7-20(15)25-24-18-9-10-19(16(2)12-18)23-14-17-8-11-21(26)22(13-17)27-3/h4-14,26H,1-3H3. The summed E-state index contributed by atoms with van der Waals surface area (Å²) in [5, 5.41) is 18.3. The minimum atomic E-state index is 0.106. The molecule has 5 nitrogen and oxygen atoms in total. The van der Waals surface area contributed by atoms with E-state index in [1.54, 1.807) is 24.4 Å². The molecule has 0 unspecified atom stereocenters. The molecule has 0 spiro atoms. The van der Waals surface area contributed by atoms with Gasteiger partial charge in [0, 0.05) is 6.21 Å². The maximum atomic E-state index is 9.66. The van der Waals surface area contributed by atoms with E-state index in [0.29, 0.717) is 5.75 Å². The first-order chi connectivity index (χ1) is 13.1. The van der Waals surface area contributed by atoms with E-state index in [1.165, 1.54) is 7.11 Å². The zero-order valence-corrected chi connectivity index (χ0v) is 15.5. The van der Waals surface area contributed by atoms with Crippen molar-refractivity contribution in [1.29, 1.82) is 0 Å². The average molecular weight is 359 g/mol. The first-order valence-electron chi connectivity index (χ1n) is 8.56. The van der Waals surface area contributed by atoms with Crippen LogP contribution in [0.5, 0.6) is 11.5 Å². The van der Waals surface area contributed by atoms with Crippen molar-refractivity contribution in [3.05, 3.63) is 77.4 Å². The lowest BCUT2D eigenvalue weighted by atomic mass is 10.1. The number of aliphatic imine (C=N–C) groups is 1. The van der Waals surface area contributed by atoms with Crippen LogP contribution in [0.25, 0.3) is 0 Å². The molecule has 0 atom stereocenters. The highest BCUT2D eigenvalue weighted by molar-refractivity contribution is 5.83. The van der Waals surface area contributed by atoms with Gasteiger partial charge in [-0.05, 0) is 73.0 Å². The van der Waals surface area contributed by atoms with Crippen molar-refractivity contribution in [3.63, 3.8) is 0 Å². The van der Waals surface area contributed by atoms with Crippen molar-refractivity contribution in [2.24, 2.45) is 15.2 Å². The minimum Gasteiger partial charge on any atom is -0.504 e. The van der Waals surface area contributed by atoms with Crippen molar-refractivity contribution in [1.82, 2.24) is 0 Å². The normalized spacial score (nSPS) is 11.4. The summed E-state index contributed by atoms with van der Waals surface area (Å²) in [7, 11) is 1.52. The number of phenolic OH excluding ortho intramolecular Hbond substituents is 1. The predicted molar refractivity (Wildman–Crippen MR) is 108 cm³/mol. The van der Waals surface area contributed by atoms with Gasteiger partial charge < -0.3 is 9.84 Å². The van der Waals surface area contributed by atoms with Crippen molar-refractivity contribution < 1.29 is 9.84 Å². The maximum Gasteiger partial charge on any atom is 0.161 e. The topological polar surface area (TPSA) is 66.5 Å². The van der Waals surface area contributed by atoms with Crippen LogP contribution >= 0.6 is 0 Å². The number of hydrogen-bond donors (Lipinski definition) is 1. The molecular formula is C22H21N3O2. The van der Waals surface area contributed by atoms with Crippen LogP contribution in [0.15, 0.2) is 75.9 Å². The molecule has 0 saturated carbocycles. The maximum absolute atomic E-state index is 9.66. The summed E-state index contributed by atoms with van der Waals surface area (Å²) >= 11 is 0. The number of rotatable bonds is 5. The second kappa shape index (κ2) is 8.27. The SMILES string of the molecule is COc1cc(C=Nc2ccc(N=Nc3ccccc3C)cc2C)ccc1O. The Morgan fingerprint density at radius 2 is 1.67 bits per heavy atom. The Labute approximate surface area is 158 Å². The van der Waals surface area contributed by atoms with E-state index in [0.717, 1.165) is 33.8 Å². The van der Waals surface area contributed by atoms with E-state index in [-0.39, 0.29) is 5.75 Å². The third kappa shape index (κ3) is 4.58. The fourth-order valence-corrected chi connectivity index (χ4v) is 2.55. The highest BCUT2D eigenvalue weighted by Crippen LogP contribution is 2.28. The van der Waals surface area contributed by atoms with Gasteiger partial charge in [0.2, 0.25) is 0 Å². The third-order valence-corrected chi connectivity index (χ3v) is 4.13. The first-order valence-corrected chi connectivity index (χ1v) is 8.56. The minimum absolute atomic E-state index is 0.106. The lowest BCUT2D eigenvalue weighted by Gasteiger charge is -2.04. The van der Waals surface area contributed by atoms with Crippen LogP contribution in [0, 0.1) is 13.8 Å². The molecule has 0 bridgehead atoms. The number of azo groups is 1. The fraction of sp³-hybridized carbons (Fsp3) is 0.136. The number of ether oxygens (including phenoxy) is 1. The average Bonchev–Trinajstić information content (AvgIpc) is 2.67. The van der Waals surface area contributed by atoms with Crippen molar-refractivity contribution >= 4 is 23.3 Å². The van der Waals surface area contributed by atoms with Crippen molar-refractivity contribution in [3.8, 4) is 11.5 Å². The van der Waals surface area contributed by atoms with E-state index in [2.05, 4.69) is 15.2 Å². The van der Waals surface area contributed by atoms with Crippen LogP contribution in [-0.4, -0.2) is 18.4 Å². The molecule has 0 heterocycles. The zero-order chi connectivity index (χ0) is 19.2. The smallest absolute Gasteiger partial charge is 0.161 e. The molecule has 3 aromatic carbocycles. The number of aryl methyl sites for hydroxylation is 2. The number of methoxy groups -OCH3 is 1. The Morgan fingerprint density at radius 1 is 0.852 bits per heavy atom. The first kappa shape index (κ1) is 18.3. The predicted octanol–water partition coefficient (Wildman–Crippen LogP) is 6.18. The number of benzene rings is 3. The van der Waals surface area contributed by atoms with E-state index < -0.39 is 0 Å². The molecule has 3 aromatic rings. The van der Waals surface area contributed by atoms with Crippen molar-refractivity contribution in [2.75, 3.05) is 7.11 Å². The molecule has 0 aliphatic rings. The molecule has 0 amide bonds. The number of aromatic hydroxyl groups is 1. The molecule has 5 heteroatoms. The van der Waals surface area contributed by atoms with Gasteiger partial charge in [-0.2, -0.15) is 10.2 Å². The second-order valence-corrected chi connectivity index (χ2v) is 6.15. The van der Waals surface area contributed by atoms with Gasteiger partial charge >= 0.3 is 0 Å². The van der Waals surface area contributed by atoms with Gasteiger partial charge in [0.25, 0.3) is 0 Å². The molecule has 0 fully saturated rings. The summed E-state index contributed by atoms with van der Waals surface area (Å²) < 4.78 is 5.11. The quantitative estimate of drug-likeness (QED) is 0.436. The Hall–Kier alpha value is -3.47. The molecule has 136 valence electrons. The lowest BCUT2D eigenvalue weighted by molar-refractivity contribution is 0.373. The Bertz CT molecular complexity index is 1010.